The number of hydrogen-bond acceptors (Lipinski definition) is 1. The van der Waals surface area contributed by atoms with Gasteiger partial charge in [0, 0.05) is 8.95 Å². The van der Waals surface area contributed by atoms with Crippen LogP contribution in [0, 0.1) is 6.92 Å². The Bertz CT molecular complexity index is 611. The second-order valence-electron chi connectivity index (χ2n) is 4.48. The van der Waals surface area contributed by atoms with Crippen molar-refractivity contribution in [1.29, 1.82) is 0 Å². The average Bonchev–Trinajstić information content (AvgIpc) is 2.38. The molecule has 0 N–H and O–H groups in total. The molecule has 0 spiro atoms. The summed E-state index contributed by atoms with van der Waals surface area (Å²) in [5.41, 5.74) is 3.71. The molecule has 0 fully saturated rings. The van der Waals surface area contributed by atoms with Gasteiger partial charge in [-0.1, -0.05) is 59.9 Å². The number of rotatable bonds is 4. The lowest BCUT2D eigenvalue weighted by Crippen LogP contribution is -1.98. The maximum Gasteiger partial charge on any atom is 0.120 e. The van der Waals surface area contributed by atoms with Crippen molar-refractivity contribution in [2.45, 2.75) is 18.7 Å². The Morgan fingerprint density at radius 2 is 1.75 bits per heavy atom. The summed E-state index contributed by atoms with van der Waals surface area (Å²) in [4.78, 5) is 0.153. The molecule has 20 heavy (non-hydrogen) atoms. The van der Waals surface area contributed by atoms with Gasteiger partial charge >= 0.3 is 0 Å². The number of halogens is 3. The van der Waals surface area contributed by atoms with Crippen molar-refractivity contribution < 1.29 is 4.74 Å². The van der Waals surface area contributed by atoms with Crippen molar-refractivity contribution in [1.82, 2.24) is 0 Å². The van der Waals surface area contributed by atoms with Crippen LogP contribution in [0.3, 0.4) is 0 Å². The number of aryl methyl sites for hydroxylation is 1. The Hall–Kier alpha value is -0.320. The van der Waals surface area contributed by atoms with E-state index in [1.165, 1.54) is 16.7 Å². The third kappa shape index (κ3) is 3.66. The molecule has 1 unspecified atom stereocenters. The van der Waals surface area contributed by atoms with Gasteiger partial charge in [0.1, 0.15) is 5.75 Å². The molecule has 2 aromatic carbocycles. The van der Waals surface area contributed by atoms with Crippen LogP contribution in [-0.2, 0) is 0 Å². The molecule has 1 nitrogen and oxygen atoms in total. The van der Waals surface area contributed by atoms with E-state index in [2.05, 4.69) is 79.0 Å². The molecule has 0 aliphatic heterocycles. The third-order valence-electron chi connectivity index (χ3n) is 3.06. The molecular weight excluding hydrogens is 448 g/mol. The molecule has 0 aliphatic rings. The van der Waals surface area contributed by atoms with Crippen LogP contribution in [0.2, 0.25) is 0 Å². The van der Waals surface area contributed by atoms with Gasteiger partial charge in [0.25, 0.3) is 0 Å². The van der Waals surface area contributed by atoms with Crippen LogP contribution in [0.5, 0.6) is 5.75 Å². The standard InChI is InChI=1S/C16H15Br3O/c1-3-20-12-5-7-14(15(18)9-12)16(19)13-6-4-11(17)8-10(13)2/h4-9,16H,3H2,1-2H3. The molecule has 2 rings (SSSR count). The maximum atomic E-state index is 5.52. The SMILES string of the molecule is CCOc1ccc(C(Br)c2ccc(Br)cc2C)c(Br)c1. The van der Waals surface area contributed by atoms with E-state index in [9.17, 15) is 0 Å². The first-order valence-electron chi connectivity index (χ1n) is 6.35. The fraction of sp³-hybridized carbons (Fsp3) is 0.250. The van der Waals surface area contributed by atoms with Gasteiger partial charge in [-0.2, -0.15) is 0 Å². The monoisotopic (exact) mass is 460 g/mol. The highest BCUT2D eigenvalue weighted by Gasteiger charge is 2.16. The molecular formula is C16H15Br3O. The van der Waals surface area contributed by atoms with E-state index >= 15 is 0 Å². The van der Waals surface area contributed by atoms with E-state index in [4.69, 9.17) is 4.74 Å². The molecule has 2 aromatic rings. The van der Waals surface area contributed by atoms with Crippen LogP contribution in [-0.4, -0.2) is 6.61 Å². The molecule has 4 heteroatoms. The molecule has 0 amide bonds. The van der Waals surface area contributed by atoms with Crippen molar-refractivity contribution in [3.63, 3.8) is 0 Å². The fourth-order valence-electron chi connectivity index (χ4n) is 2.06. The molecule has 0 saturated carbocycles. The van der Waals surface area contributed by atoms with Crippen molar-refractivity contribution in [2.24, 2.45) is 0 Å². The largest absolute Gasteiger partial charge is 0.494 e. The summed E-state index contributed by atoms with van der Waals surface area (Å²) in [6.45, 7) is 4.78. The Morgan fingerprint density at radius 1 is 1.05 bits per heavy atom. The Labute approximate surface area is 145 Å². The van der Waals surface area contributed by atoms with Gasteiger partial charge in [-0.25, -0.2) is 0 Å². The van der Waals surface area contributed by atoms with Crippen molar-refractivity contribution >= 4 is 47.8 Å². The van der Waals surface area contributed by atoms with E-state index in [0.29, 0.717) is 6.61 Å². The summed E-state index contributed by atoms with van der Waals surface area (Å²) >= 11 is 10.9. The maximum absolute atomic E-state index is 5.52. The fourth-order valence-corrected chi connectivity index (χ4v) is 4.34. The predicted octanol–water partition coefficient (Wildman–Crippen LogP) is 6.40. The second-order valence-corrected chi connectivity index (χ2v) is 7.17. The van der Waals surface area contributed by atoms with E-state index < -0.39 is 0 Å². The van der Waals surface area contributed by atoms with Crippen molar-refractivity contribution in [3.8, 4) is 5.75 Å². The zero-order valence-electron chi connectivity index (χ0n) is 11.3. The number of ether oxygens (including phenoxy) is 1. The summed E-state index contributed by atoms with van der Waals surface area (Å²) in [6.07, 6.45) is 0. The molecule has 0 radical (unpaired) electrons. The van der Waals surface area contributed by atoms with Gasteiger partial charge in [0.15, 0.2) is 0 Å². The van der Waals surface area contributed by atoms with Crippen LogP contribution < -0.4 is 4.74 Å². The van der Waals surface area contributed by atoms with Gasteiger partial charge in [0.05, 0.1) is 11.4 Å². The number of benzene rings is 2. The molecule has 0 saturated heterocycles. The number of hydrogen-bond donors (Lipinski definition) is 0. The van der Waals surface area contributed by atoms with Gasteiger partial charge in [0.2, 0.25) is 0 Å². The van der Waals surface area contributed by atoms with Crippen LogP contribution in [0.4, 0.5) is 0 Å². The first-order chi connectivity index (χ1) is 9.52. The summed E-state index contributed by atoms with van der Waals surface area (Å²) in [5, 5.41) is 0. The quantitative estimate of drug-likeness (QED) is 0.477. The Kier molecular flexibility index (Phi) is 5.70. The highest BCUT2D eigenvalue weighted by molar-refractivity contribution is 9.11. The highest BCUT2D eigenvalue weighted by Crippen LogP contribution is 2.38. The summed E-state index contributed by atoms with van der Waals surface area (Å²) < 4.78 is 7.66. The lowest BCUT2D eigenvalue weighted by atomic mass is 10.0. The lowest BCUT2D eigenvalue weighted by molar-refractivity contribution is 0.340. The normalized spacial score (nSPS) is 12.2. The molecule has 0 heterocycles. The smallest absolute Gasteiger partial charge is 0.120 e. The van der Waals surface area contributed by atoms with Crippen LogP contribution in [0.15, 0.2) is 45.3 Å². The highest BCUT2D eigenvalue weighted by atomic mass is 79.9. The van der Waals surface area contributed by atoms with Crippen LogP contribution >= 0.6 is 47.8 Å². The van der Waals surface area contributed by atoms with Gasteiger partial charge in [-0.05, 0) is 54.8 Å². The summed E-state index contributed by atoms with van der Waals surface area (Å²) in [7, 11) is 0. The zero-order valence-corrected chi connectivity index (χ0v) is 16.0. The first-order valence-corrected chi connectivity index (χ1v) is 8.85. The van der Waals surface area contributed by atoms with E-state index in [1.807, 2.05) is 19.1 Å². The van der Waals surface area contributed by atoms with Gasteiger partial charge < -0.3 is 4.74 Å². The van der Waals surface area contributed by atoms with Crippen molar-refractivity contribution in [3.05, 3.63) is 62.0 Å². The summed E-state index contributed by atoms with van der Waals surface area (Å²) in [5.74, 6) is 0.885. The Balaban J connectivity index is 2.35. The van der Waals surface area contributed by atoms with E-state index in [-0.39, 0.29) is 4.83 Å². The van der Waals surface area contributed by atoms with Crippen LogP contribution in [0.1, 0.15) is 28.4 Å². The lowest BCUT2D eigenvalue weighted by Gasteiger charge is -2.16. The van der Waals surface area contributed by atoms with Crippen molar-refractivity contribution in [2.75, 3.05) is 6.61 Å². The molecule has 0 aromatic heterocycles. The second kappa shape index (κ2) is 7.10. The van der Waals surface area contributed by atoms with Gasteiger partial charge in [-0.3, -0.25) is 0 Å². The molecule has 1 atom stereocenters. The average molecular weight is 463 g/mol. The minimum absolute atomic E-state index is 0.153. The molecule has 0 aliphatic carbocycles. The first kappa shape index (κ1) is 16.1. The minimum atomic E-state index is 0.153. The Morgan fingerprint density at radius 3 is 2.35 bits per heavy atom. The van der Waals surface area contributed by atoms with E-state index in [1.54, 1.807) is 0 Å². The molecule has 106 valence electrons. The van der Waals surface area contributed by atoms with Crippen LogP contribution in [0.25, 0.3) is 0 Å². The third-order valence-corrected chi connectivity index (χ3v) is 5.23. The zero-order chi connectivity index (χ0) is 14.7. The molecule has 0 bridgehead atoms. The minimum Gasteiger partial charge on any atom is -0.494 e. The predicted molar refractivity (Wildman–Crippen MR) is 95.0 cm³/mol. The van der Waals surface area contributed by atoms with Gasteiger partial charge in [-0.15, -0.1) is 0 Å². The topological polar surface area (TPSA) is 9.23 Å². The van der Waals surface area contributed by atoms with E-state index in [0.717, 1.165) is 14.7 Å². The summed E-state index contributed by atoms with van der Waals surface area (Å²) in [6, 6.07) is 12.5. The number of alkyl halides is 1.